The van der Waals surface area contributed by atoms with Crippen LogP contribution in [-0.4, -0.2) is 18.5 Å². The molecule has 0 spiro atoms. The minimum Gasteiger partial charge on any atom is -0.353 e. The van der Waals surface area contributed by atoms with Gasteiger partial charge in [-0.15, -0.1) is 0 Å². The van der Waals surface area contributed by atoms with E-state index in [9.17, 15) is 4.79 Å². The second-order valence-corrected chi connectivity index (χ2v) is 5.88. The van der Waals surface area contributed by atoms with Gasteiger partial charge in [0.05, 0.1) is 5.92 Å². The van der Waals surface area contributed by atoms with Gasteiger partial charge < -0.3 is 11.1 Å². The van der Waals surface area contributed by atoms with E-state index in [1.54, 1.807) is 0 Å². The molecule has 0 bridgehead atoms. The number of carbonyl (C=O) groups is 1. The van der Waals surface area contributed by atoms with Crippen LogP contribution >= 0.6 is 0 Å². The maximum atomic E-state index is 12.1. The summed E-state index contributed by atoms with van der Waals surface area (Å²) in [6.45, 7) is 4.74. The summed E-state index contributed by atoms with van der Waals surface area (Å²) < 4.78 is 0. The summed E-state index contributed by atoms with van der Waals surface area (Å²) in [7, 11) is 0. The number of hydrogen-bond donors (Lipinski definition) is 2. The van der Waals surface area contributed by atoms with Gasteiger partial charge in [0, 0.05) is 12.6 Å². The number of nitrogens with one attached hydrogen (secondary N) is 1. The first kappa shape index (κ1) is 13.1. The fraction of sp³-hybridized carbons (Fsp3) is 0.533. The van der Waals surface area contributed by atoms with Crippen molar-refractivity contribution in [1.29, 1.82) is 0 Å². The first-order valence-electron chi connectivity index (χ1n) is 6.57. The largest absolute Gasteiger partial charge is 0.353 e. The maximum absolute atomic E-state index is 12.1. The Balaban J connectivity index is 1.90. The molecule has 3 nitrogen and oxygen atoms in total. The van der Waals surface area contributed by atoms with Gasteiger partial charge in [-0.2, -0.15) is 0 Å². The smallest absolute Gasteiger partial charge is 0.224 e. The molecule has 1 fully saturated rings. The molecule has 1 aromatic rings. The van der Waals surface area contributed by atoms with Crippen LogP contribution in [-0.2, 0) is 11.2 Å². The highest BCUT2D eigenvalue weighted by molar-refractivity contribution is 5.80. The van der Waals surface area contributed by atoms with Gasteiger partial charge in [0.25, 0.3) is 0 Å². The van der Waals surface area contributed by atoms with E-state index in [4.69, 9.17) is 5.73 Å². The van der Waals surface area contributed by atoms with Crippen molar-refractivity contribution in [3.05, 3.63) is 35.9 Å². The van der Waals surface area contributed by atoms with Crippen molar-refractivity contribution >= 4 is 5.91 Å². The van der Waals surface area contributed by atoms with Crippen LogP contribution in [0, 0.1) is 11.3 Å². The van der Waals surface area contributed by atoms with Crippen molar-refractivity contribution in [2.24, 2.45) is 17.1 Å². The Morgan fingerprint density at radius 1 is 1.44 bits per heavy atom. The number of hydrogen-bond acceptors (Lipinski definition) is 2. The zero-order chi connectivity index (χ0) is 13.2. The molecule has 1 saturated carbocycles. The quantitative estimate of drug-likeness (QED) is 0.831. The van der Waals surface area contributed by atoms with Crippen molar-refractivity contribution in [1.82, 2.24) is 5.32 Å². The van der Waals surface area contributed by atoms with E-state index in [1.807, 2.05) is 30.3 Å². The predicted molar refractivity (Wildman–Crippen MR) is 73.0 cm³/mol. The van der Waals surface area contributed by atoms with Gasteiger partial charge in [-0.3, -0.25) is 4.79 Å². The van der Waals surface area contributed by atoms with Crippen LogP contribution < -0.4 is 11.1 Å². The van der Waals surface area contributed by atoms with Gasteiger partial charge in [-0.1, -0.05) is 44.2 Å². The zero-order valence-electron chi connectivity index (χ0n) is 11.1. The average molecular weight is 246 g/mol. The molecule has 1 aliphatic carbocycles. The van der Waals surface area contributed by atoms with Crippen LogP contribution in [0.4, 0.5) is 0 Å². The van der Waals surface area contributed by atoms with Crippen LogP contribution in [0.25, 0.3) is 0 Å². The Kier molecular flexibility index (Phi) is 3.71. The summed E-state index contributed by atoms with van der Waals surface area (Å²) in [4.78, 5) is 12.1. The number of carbonyl (C=O) groups excluding carboxylic acids is 1. The lowest BCUT2D eigenvalue weighted by Gasteiger charge is -2.15. The van der Waals surface area contributed by atoms with Crippen molar-refractivity contribution < 1.29 is 4.79 Å². The Bertz CT molecular complexity index is 414. The van der Waals surface area contributed by atoms with E-state index in [1.165, 1.54) is 0 Å². The SMILES string of the molecule is CC1(C)CC1NC(=O)C(CN)Cc1ccccc1. The van der Waals surface area contributed by atoms with E-state index in [0.29, 0.717) is 12.6 Å². The molecule has 0 aliphatic heterocycles. The molecule has 1 aliphatic rings. The second kappa shape index (κ2) is 5.11. The first-order chi connectivity index (χ1) is 8.53. The Labute approximate surface area is 109 Å². The zero-order valence-corrected chi connectivity index (χ0v) is 11.1. The Morgan fingerprint density at radius 2 is 2.06 bits per heavy atom. The summed E-state index contributed by atoms with van der Waals surface area (Å²) in [6, 6.07) is 10.4. The molecule has 1 aromatic carbocycles. The third kappa shape index (κ3) is 3.10. The number of benzene rings is 1. The standard InChI is InChI=1S/C15H22N2O/c1-15(2)9-13(15)17-14(18)12(10-16)8-11-6-4-3-5-7-11/h3-7,12-13H,8-10,16H2,1-2H3,(H,17,18). The van der Waals surface area contributed by atoms with Crippen LogP contribution in [0.3, 0.4) is 0 Å². The fourth-order valence-electron chi connectivity index (χ4n) is 2.18. The van der Waals surface area contributed by atoms with Gasteiger partial charge in [-0.05, 0) is 23.8 Å². The lowest BCUT2D eigenvalue weighted by molar-refractivity contribution is -0.125. The number of nitrogens with two attached hydrogens (primary N) is 1. The fourth-order valence-corrected chi connectivity index (χ4v) is 2.18. The lowest BCUT2D eigenvalue weighted by atomic mass is 9.98. The highest BCUT2D eigenvalue weighted by Gasteiger charge is 2.46. The molecule has 3 N–H and O–H groups in total. The second-order valence-electron chi connectivity index (χ2n) is 5.88. The van der Waals surface area contributed by atoms with Gasteiger partial charge in [0.2, 0.25) is 5.91 Å². The van der Waals surface area contributed by atoms with Crippen molar-refractivity contribution in [2.75, 3.05) is 6.54 Å². The van der Waals surface area contributed by atoms with E-state index < -0.39 is 0 Å². The Hall–Kier alpha value is -1.35. The van der Waals surface area contributed by atoms with Crippen LogP contribution in [0.5, 0.6) is 0 Å². The van der Waals surface area contributed by atoms with E-state index in [0.717, 1.165) is 18.4 Å². The van der Waals surface area contributed by atoms with Crippen molar-refractivity contribution in [3.63, 3.8) is 0 Å². The van der Waals surface area contributed by atoms with Gasteiger partial charge >= 0.3 is 0 Å². The molecule has 18 heavy (non-hydrogen) atoms. The molecule has 0 aromatic heterocycles. The molecular formula is C15H22N2O. The normalized spacial score (nSPS) is 22.3. The average Bonchev–Trinajstić information content (AvgIpc) is 2.94. The summed E-state index contributed by atoms with van der Waals surface area (Å²) in [5.74, 6) is -0.0271. The van der Waals surface area contributed by atoms with Crippen LogP contribution in [0.1, 0.15) is 25.8 Å². The van der Waals surface area contributed by atoms with E-state index >= 15 is 0 Å². The molecule has 2 unspecified atom stereocenters. The monoisotopic (exact) mass is 246 g/mol. The molecule has 1 amide bonds. The Morgan fingerprint density at radius 3 is 2.56 bits per heavy atom. The molecule has 0 heterocycles. The topological polar surface area (TPSA) is 55.1 Å². The minimum absolute atomic E-state index is 0.0944. The number of rotatable bonds is 5. The summed E-state index contributed by atoms with van der Waals surface area (Å²) >= 11 is 0. The highest BCUT2D eigenvalue weighted by Crippen LogP contribution is 2.44. The molecule has 98 valence electrons. The van der Waals surface area contributed by atoms with E-state index in [-0.39, 0.29) is 17.2 Å². The van der Waals surface area contributed by atoms with Crippen LogP contribution in [0.2, 0.25) is 0 Å². The van der Waals surface area contributed by atoms with Gasteiger partial charge in [0.15, 0.2) is 0 Å². The number of amides is 1. The van der Waals surface area contributed by atoms with Crippen molar-refractivity contribution in [3.8, 4) is 0 Å². The summed E-state index contributed by atoms with van der Waals surface area (Å²) in [5.41, 5.74) is 7.15. The van der Waals surface area contributed by atoms with E-state index in [2.05, 4.69) is 19.2 Å². The third-order valence-corrected chi connectivity index (χ3v) is 3.81. The molecule has 2 rings (SSSR count). The molecule has 0 radical (unpaired) electrons. The van der Waals surface area contributed by atoms with Gasteiger partial charge in [-0.25, -0.2) is 0 Å². The summed E-state index contributed by atoms with van der Waals surface area (Å²) in [6.07, 6.45) is 1.79. The highest BCUT2D eigenvalue weighted by atomic mass is 16.2. The molecule has 2 atom stereocenters. The first-order valence-corrected chi connectivity index (χ1v) is 6.57. The van der Waals surface area contributed by atoms with Crippen LogP contribution in [0.15, 0.2) is 30.3 Å². The summed E-state index contributed by atoms with van der Waals surface area (Å²) in [5, 5.41) is 3.10. The molecular weight excluding hydrogens is 224 g/mol. The van der Waals surface area contributed by atoms with Gasteiger partial charge in [0.1, 0.15) is 0 Å². The maximum Gasteiger partial charge on any atom is 0.224 e. The molecule has 3 heteroatoms. The molecule has 0 saturated heterocycles. The minimum atomic E-state index is -0.121. The van der Waals surface area contributed by atoms with Crippen molar-refractivity contribution in [2.45, 2.75) is 32.7 Å². The lowest BCUT2D eigenvalue weighted by Crippen LogP contribution is -2.38. The predicted octanol–water partition coefficient (Wildman–Crippen LogP) is 1.72. The third-order valence-electron chi connectivity index (χ3n) is 3.81.